The van der Waals surface area contributed by atoms with Gasteiger partial charge in [-0.15, -0.1) is 0 Å². The van der Waals surface area contributed by atoms with Gasteiger partial charge in [0.15, 0.2) is 0 Å². The van der Waals surface area contributed by atoms with Crippen molar-refractivity contribution in [3.05, 3.63) is 30.3 Å². The predicted molar refractivity (Wildman–Crippen MR) is 95.3 cm³/mol. The molecule has 1 N–H and O–H groups in total. The number of anilines is 1. The van der Waals surface area contributed by atoms with E-state index in [-0.39, 0.29) is 0 Å². The summed E-state index contributed by atoms with van der Waals surface area (Å²) in [5.74, 6) is 0. The van der Waals surface area contributed by atoms with E-state index in [1.54, 1.807) is 0 Å². The zero-order valence-corrected chi connectivity index (χ0v) is 14.6. The van der Waals surface area contributed by atoms with E-state index >= 15 is 0 Å². The van der Waals surface area contributed by atoms with Crippen LogP contribution in [0.25, 0.3) is 0 Å². The van der Waals surface area contributed by atoms with Gasteiger partial charge in [0.05, 0.1) is 6.61 Å². The first-order valence-corrected chi connectivity index (χ1v) is 8.68. The topological polar surface area (TPSA) is 27.7 Å². The van der Waals surface area contributed by atoms with Gasteiger partial charge in [0, 0.05) is 31.9 Å². The Morgan fingerprint density at radius 1 is 0.909 bits per heavy atom. The van der Waals surface area contributed by atoms with Crippen LogP contribution in [0.4, 0.5) is 5.69 Å². The maximum atomic E-state index is 5.29. The maximum Gasteiger partial charge on any atom is 0.0682 e. The second-order valence-electron chi connectivity index (χ2n) is 5.40. The number of unbranched alkanes of at least 4 members (excludes halogenated alkanes) is 1. The summed E-state index contributed by atoms with van der Waals surface area (Å²) in [6, 6.07) is 10.7. The molecule has 0 aliphatic rings. The Hall–Kier alpha value is -1.10. The van der Waals surface area contributed by atoms with Crippen molar-refractivity contribution in [3.8, 4) is 0 Å². The minimum absolute atomic E-state index is 0.802. The SMILES string of the molecule is CCNOCCCCN(CC)CCN(CC)c1ccccc1. The second-order valence-corrected chi connectivity index (χ2v) is 5.40. The molecule has 0 heterocycles. The largest absolute Gasteiger partial charge is 0.371 e. The summed E-state index contributed by atoms with van der Waals surface area (Å²) in [5.41, 5.74) is 4.22. The quantitative estimate of drug-likeness (QED) is 0.447. The molecule has 0 atom stereocenters. The number of hydrogen-bond acceptors (Lipinski definition) is 4. The zero-order chi connectivity index (χ0) is 16.0. The molecule has 4 heteroatoms. The maximum absolute atomic E-state index is 5.29. The summed E-state index contributed by atoms with van der Waals surface area (Å²) in [4.78, 5) is 10.3. The Bertz CT molecular complexity index is 359. The summed E-state index contributed by atoms with van der Waals surface area (Å²) in [7, 11) is 0. The van der Waals surface area contributed by atoms with Crippen LogP contribution in [0.15, 0.2) is 30.3 Å². The molecule has 22 heavy (non-hydrogen) atoms. The van der Waals surface area contributed by atoms with Gasteiger partial charge in [-0.25, -0.2) is 5.48 Å². The van der Waals surface area contributed by atoms with Gasteiger partial charge < -0.3 is 14.6 Å². The highest BCUT2D eigenvalue weighted by Crippen LogP contribution is 2.12. The number of hydroxylamine groups is 1. The van der Waals surface area contributed by atoms with Crippen LogP contribution in [0.2, 0.25) is 0 Å². The Morgan fingerprint density at radius 3 is 2.32 bits per heavy atom. The van der Waals surface area contributed by atoms with Gasteiger partial charge in [-0.1, -0.05) is 32.0 Å². The summed E-state index contributed by atoms with van der Waals surface area (Å²) >= 11 is 0. The number of para-hydroxylation sites is 1. The summed E-state index contributed by atoms with van der Waals surface area (Å²) in [6.07, 6.45) is 2.30. The Morgan fingerprint density at radius 2 is 1.68 bits per heavy atom. The molecule has 0 radical (unpaired) electrons. The summed E-state index contributed by atoms with van der Waals surface area (Å²) in [5, 5.41) is 0. The van der Waals surface area contributed by atoms with E-state index < -0.39 is 0 Å². The zero-order valence-electron chi connectivity index (χ0n) is 14.6. The average molecular weight is 307 g/mol. The number of nitrogens with zero attached hydrogens (tertiary/aromatic N) is 2. The first-order valence-electron chi connectivity index (χ1n) is 8.68. The van der Waals surface area contributed by atoms with Crippen LogP contribution in [0.3, 0.4) is 0 Å². The molecule has 4 nitrogen and oxygen atoms in total. The minimum atomic E-state index is 0.802. The molecule has 0 fully saturated rings. The second kappa shape index (κ2) is 12.4. The molecule has 0 aromatic heterocycles. The molecule has 0 unspecified atom stereocenters. The van der Waals surface area contributed by atoms with Gasteiger partial charge in [0.2, 0.25) is 0 Å². The average Bonchev–Trinajstić information content (AvgIpc) is 2.57. The highest BCUT2D eigenvalue weighted by Gasteiger charge is 2.07. The first kappa shape index (κ1) is 18.9. The molecule has 1 aromatic carbocycles. The Balaban J connectivity index is 2.24. The molecule has 0 saturated carbocycles. The van der Waals surface area contributed by atoms with Crippen molar-refractivity contribution in [2.75, 3.05) is 50.8 Å². The van der Waals surface area contributed by atoms with E-state index in [2.05, 4.69) is 59.5 Å². The number of hydrogen-bond donors (Lipinski definition) is 1. The third-order valence-electron chi connectivity index (χ3n) is 3.85. The van der Waals surface area contributed by atoms with E-state index in [4.69, 9.17) is 4.84 Å². The summed E-state index contributed by atoms with van der Waals surface area (Å²) < 4.78 is 0. The highest BCUT2D eigenvalue weighted by atomic mass is 16.6. The molecule has 0 bridgehead atoms. The van der Waals surface area contributed by atoms with Gasteiger partial charge in [0.25, 0.3) is 0 Å². The van der Waals surface area contributed by atoms with Crippen LogP contribution in [0.1, 0.15) is 33.6 Å². The molecule has 1 aromatic rings. The van der Waals surface area contributed by atoms with Crippen molar-refractivity contribution >= 4 is 5.69 Å². The fourth-order valence-corrected chi connectivity index (χ4v) is 2.48. The molecular formula is C18H33N3O. The first-order chi connectivity index (χ1) is 10.8. The van der Waals surface area contributed by atoms with Crippen molar-refractivity contribution in [2.45, 2.75) is 33.6 Å². The fraction of sp³-hybridized carbons (Fsp3) is 0.667. The van der Waals surface area contributed by atoms with Gasteiger partial charge in [-0.3, -0.25) is 0 Å². The lowest BCUT2D eigenvalue weighted by atomic mass is 10.2. The Labute approximate surface area is 136 Å². The number of nitrogens with one attached hydrogen (secondary N) is 1. The Kier molecular flexibility index (Phi) is 10.7. The van der Waals surface area contributed by atoms with Crippen LogP contribution in [-0.4, -0.2) is 50.8 Å². The number of likely N-dealkylation sites (N-methyl/N-ethyl adjacent to an activating group) is 2. The molecule has 0 aliphatic carbocycles. The van der Waals surface area contributed by atoms with Gasteiger partial charge >= 0.3 is 0 Å². The lowest BCUT2D eigenvalue weighted by Crippen LogP contribution is -2.35. The molecule has 0 aliphatic heterocycles. The van der Waals surface area contributed by atoms with Gasteiger partial charge in [-0.05, 0) is 45.0 Å². The van der Waals surface area contributed by atoms with E-state index in [1.165, 1.54) is 12.1 Å². The highest BCUT2D eigenvalue weighted by molar-refractivity contribution is 5.45. The molecule has 0 spiro atoms. The van der Waals surface area contributed by atoms with Gasteiger partial charge in [0.1, 0.15) is 0 Å². The van der Waals surface area contributed by atoms with Crippen LogP contribution in [-0.2, 0) is 4.84 Å². The third-order valence-corrected chi connectivity index (χ3v) is 3.85. The van der Waals surface area contributed by atoms with Gasteiger partial charge in [-0.2, -0.15) is 0 Å². The van der Waals surface area contributed by atoms with Crippen molar-refractivity contribution in [2.24, 2.45) is 0 Å². The molecule has 0 saturated heterocycles. The lowest BCUT2D eigenvalue weighted by Gasteiger charge is -2.27. The standard InChI is InChI=1S/C18H33N3O/c1-4-19-22-17-11-10-14-20(5-2)15-16-21(6-3)18-12-8-7-9-13-18/h7-9,12-13,19H,4-6,10-11,14-17H2,1-3H3. The van der Waals surface area contributed by atoms with Crippen LogP contribution < -0.4 is 10.4 Å². The predicted octanol–water partition coefficient (Wildman–Crippen LogP) is 3.16. The van der Waals surface area contributed by atoms with Crippen molar-refractivity contribution < 1.29 is 4.84 Å². The van der Waals surface area contributed by atoms with Crippen molar-refractivity contribution in [1.82, 2.24) is 10.4 Å². The van der Waals surface area contributed by atoms with Crippen molar-refractivity contribution in [1.29, 1.82) is 0 Å². The van der Waals surface area contributed by atoms with Crippen molar-refractivity contribution in [3.63, 3.8) is 0 Å². The monoisotopic (exact) mass is 307 g/mol. The van der Waals surface area contributed by atoms with Crippen LogP contribution >= 0.6 is 0 Å². The smallest absolute Gasteiger partial charge is 0.0682 e. The van der Waals surface area contributed by atoms with E-state index in [1.807, 2.05) is 6.92 Å². The molecule has 0 amide bonds. The third kappa shape index (κ3) is 7.78. The normalized spacial score (nSPS) is 11.1. The van der Waals surface area contributed by atoms with Crippen LogP contribution in [0.5, 0.6) is 0 Å². The number of benzene rings is 1. The minimum Gasteiger partial charge on any atom is -0.371 e. The summed E-state index contributed by atoms with van der Waals surface area (Å²) in [6.45, 7) is 13.7. The number of rotatable bonds is 13. The molecule has 126 valence electrons. The molecular weight excluding hydrogens is 274 g/mol. The lowest BCUT2D eigenvalue weighted by molar-refractivity contribution is 0.0410. The van der Waals surface area contributed by atoms with E-state index in [9.17, 15) is 0 Å². The van der Waals surface area contributed by atoms with E-state index in [0.29, 0.717) is 0 Å². The van der Waals surface area contributed by atoms with E-state index in [0.717, 1.165) is 52.3 Å². The van der Waals surface area contributed by atoms with Crippen LogP contribution in [0, 0.1) is 0 Å². The fourth-order valence-electron chi connectivity index (χ4n) is 2.48. The molecule has 1 rings (SSSR count).